The predicted molar refractivity (Wildman–Crippen MR) is 121 cm³/mol. The van der Waals surface area contributed by atoms with Crippen molar-refractivity contribution in [3.05, 3.63) is 52.6 Å². The van der Waals surface area contributed by atoms with Gasteiger partial charge in [-0.1, -0.05) is 17.7 Å². The molecule has 0 bridgehead atoms. The average Bonchev–Trinajstić information content (AvgIpc) is 3.36. The molecule has 3 aliphatic rings. The third-order valence-corrected chi connectivity index (χ3v) is 7.11. The summed E-state index contributed by atoms with van der Waals surface area (Å²) in [6.07, 6.45) is 9.43. The second-order valence-corrected chi connectivity index (χ2v) is 9.07. The summed E-state index contributed by atoms with van der Waals surface area (Å²) in [6.45, 7) is 0.763. The van der Waals surface area contributed by atoms with Gasteiger partial charge < -0.3 is 16.0 Å². The summed E-state index contributed by atoms with van der Waals surface area (Å²) in [5, 5.41) is 3.87. The third-order valence-electron chi connectivity index (χ3n) is 6.72. The molecular formula is C23H23ClFN5O. The molecule has 2 aromatic rings. The Bertz CT molecular complexity index is 1160. The number of allylic oxidation sites excluding steroid dienone is 1. The van der Waals surface area contributed by atoms with Gasteiger partial charge in [0.15, 0.2) is 0 Å². The average molecular weight is 440 g/mol. The maximum Gasteiger partial charge on any atom is 0.258 e. The molecule has 3 atom stereocenters. The van der Waals surface area contributed by atoms with E-state index in [0.29, 0.717) is 22.4 Å². The van der Waals surface area contributed by atoms with Gasteiger partial charge in [-0.15, -0.1) is 0 Å². The predicted octanol–water partition coefficient (Wildman–Crippen LogP) is 4.11. The number of amides is 1. The van der Waals surface area contributed by atoms with Crippen LogP contribution in [0, 0.1) is 17.7 Å². The number of nitrogens with zero attached hydrogens (tertiary/aromatic N) is 3. The van der Waals surface area contributed by atoms with Gasteiger partial charge in [0.25, 0.3) is 5.91 Å². The monoisotopic (exact) mass is 439 g/mol. The molecule has 2 aliphatic heterocycles. The lowest BCUT2D eigenvalue weighted by Gasteiger charge is -2.19. The van der Waals surface area contributed by atoms with Gasteiger partial charge >= 0.3 is 0 Å². The van der Waals surface area contributed by atoms with Crippen LogP contribution in [0.3, 0.4) is 0 Å². The maximum absolute atomic E-state index is 15.5. The van der Waals surface area contributed by atoms with Crippen molar-refractivity contribution in [3.63, 3.8) is 0 Å². The van der Waals surface area contributed by atoms with Crippen LogP contribution in [0.5, 0.6) is 0 Å². The number of aromatic nitrogens is 1. The van der Waals surface area contributed by atoms with E-state index in [4.69, 9.17) is 17.3 Å². The number of pyridine rings is 1. The lowest BCUT2D eigenvalue weighted by atomic mass is 9.87. The lowest BCUT2D eigenvalue weighted by Crippen LogP contribution is -2.24. The van der Waals surface area contributed by atoms with Crippen molar-refractivity contribution >= 4 is 35.2 Å². The Kier molecular flexibility index (Phi) is 4.55. The number of fused-ring (bicyclic) bond motifs is 2. The molecule has 1 amide bonds. The van der Waals surface area contributed by atoms with Crippen LogP contribution < -0.4 is 11.1 Å². The lowest BCUT2D eigenvalue weighted by molar-refractivity contribution is 0.0824. The standard InChI is InChI=1S/C23H23ClFN5O/c1-30(2)22(31)17-16(26)4-3-13(20(17)25)14-10-28-21-18(19(14)24)23(11-29-21)9-15(23)12-5-7-27-8-6-12/h3-5,7-8,10,12,15H,6,9,11,26H2,1-2H3,(H,28,29)/t12?,15-,23-/m1/s1. The number of nitrogen functional groups attached to an aromatic ring is 1. The van der Waals surface area contributed by atoms with Crippen molar-refractivity contribution in [2.45, 2.75) is 18.3 Å². The molecule has 0 radical (unpaired) electrons. The SMILES string of the molecule is CN(C)C(=O)c1c(N)ccc(-c2cnc3c(c2Cl)[C@@]2(CN3)C[C@@H]2C2C=CN=CC2)c1F. The Morgan fingerprint density at radius 3 is 2.87 bits per heavy atom. The number of aliphatic imine (C=N–C) groups is 1. The molecule has 1 fully saturated rings. The summed E-state index contributed by atoms with van der Waals surface area (Å²) in [5.41, 5.74) is 7.41. The highest BCUT2D eigenvalue weighted by molar-refractivity contribution is 6.34. The zero-order valence-corrected chi connectivity index (χ0v) is 18.1. The van der Waals surface area contributed by atoms with E-state index >= 15 is 4.39 Å². The Morgan fingerprint density at radius 2 is 2.16 bits per heavy atom. The molecule has 6 nitrogen and oxygen atoms in total. The highest BCUT2D eigenvalue weighted by Crippen LogP contribution is 2.64. The fourth-order valence-electron chi connectivity index (χ4n) is 5.00. The van der Waals surface area contributed by atoms with Gasteiger partial charge in [0, 0.05) is 67.0 Å². The van der Waals surface area contributed by atoms with Crippen LogP contribution in [-0.2, 0) is 5.41 Å². The van der Waals surface area contributed by atoms with E-state index in [1.807, 2.05) is 12.4 Å². The van der Waals surface area contributed by atoms with Gasteiger partial charge in [-0.2, -0.15) is 0 Å². The largest absolute Gasteiger partial charge is 0.398 e. The van der Waals surface area contributed by atoms with Crippen molar-refractivity contribution < 1.29 is 9.18 Å². The second-order valence-electron chi connectivity index (χ2n) is 8.69. The molecule has 1 aromatic carbocycles. The zero-order valence-electron chi connectivity index (χ0n) is 17.3. The summed E-state index contributed by atoms with van der Waals surface area (Å²) in [5.74, 6) is 0.419. The molecule has 3 heterocycles. The number of hydrogen-bond donors (Lipinski definition) is 2. The summed E-state index contributed by atoms with van der Waals surface area (Å²) < 4.78 is 15.5. The summed E-state index contributed by atoms with van der Waals surface area (Å²) in [6, 6.07) is 3.10. The number of nitrogens with two attached hydrogens (primary N) is 1. The van der Waals surface area contributed by atoms with Crippen molar-refractivity contribution in [2.24, 2.45) is 16.8 Å². The number of halogens is 2. The molecule has 1 spiro atoms. The number of nitrogens with one attached hydrogen (secondary N) is 1. The fraction of sp³-hybridized carbons (Fsp3) is 0.348. The highest BCUT2D eigenvalue weighted by atomic mass is 35.5. The van der Waals surface area contributed by atoms with Gasteiger partial charge in [-0.25, -0.2) is 9.37 Å². The molecule has 31 heavy (non-hydrogen) atoms. The zero-order chi connectivity index (χ0) is 21.9. The highest BCUT2D eigenvalue weighted by Gasteiger charge is 2.62. The van der Waals surface area contributed by atoms with E-state index in [2.05, 4.69) is 21.4 Å². The first-order chi connectivity index (χ1) is 14.8. The van der Waals surface area contributed by atoms with Crippen molar-refractivity contribution in [3.8, 4) is 11.1 Å². The first-order valence-electron chi connectivity index (χ1n) is 10.3. The third kappa shape index (κ3) is 2.94. The van der Waals surface area contributed by atoms with E-state index in [1.165, 1.54) is 4.90 Å². The Hall–Kier alpha value is -2.93. The summed E-state index contributed by atoms with van der Waals surface area (Å²) in [4.78, 5) is 22.5. The number of rotatable bonds is 3. The van der Waals surface area contributed by atoms with Crippen LogP contribution in [0.4, 0.5) is 15.9 Å². The van der Waals surface area contributed by atoms with Crippen LogP contribution in [0.1, 0.15) is 28.8 Å². The number of benzene rings is 1. The van der Waals surface area contributed by atoms with Gasteiger partial charge in [0.1, 0.15) is 11.6 Å². The van der Waals surface area contributed by atoms with E-state index in [-0.39, 0.29) is 22.2 Å². The molecule has 1 unspecified atom stereocenters. The Morgan fingerprint density at radius 1 is 1.35 bits per heavy atom. The number of anilines is 2. The molecule has 1 saturated carbocycles. The summed E-state index contributed by atoms with van der Waals surface area (Å²) in [7, 11) is 3.12. The second kappa shape index (κ2) is 7.05. The fourth-order valence-corrected chi connectivity index (χ4v) is 5.43. The topological polar surface area (TPSA) is 83.6 Å². The van der Waals surface area contributed by atoms with Crippen LogP contribution >= 0.6 is 11.6 Å². The van der Waals surface area contributed by atoms with Crippen LogP contribution in [0.15, 0.2) is 35.6 Å². The first-order valence-corrected chi connectivity index (χ1v) is 10.6. The quantitative estimate of drug-likeness (QED) is 0.705. The molecule has 0 saturated heterocycles. The minimum absolute atomic E-state index is 0.0938. The molecule has 1 aliphatic carbocycles. The Labute approximate surface area is 185 Å². The number of carbonyl (C=O) groups is 1. The van der Waals surface area contributed by atoms with Crippen LogP contribution in [0.25, 0.3) is 11.1 Å². The molecule has 160 valence electrons. The number of hydrogen-bond acceptors (Lipinski definition) is 5. The van der Waals surface area contributed by atoms with E-state index in [9.17, 15) is 4.79 Å². The first kappa shape index (κ1) is 20.0. The van der Waals surface area contributed by atoms with Crippen molar-refractivity contribution in [2.75, 3.05) is 31.7 Å². The minimum Gasteiger partial charge on any atom is -0.398 e. The van der Waals surface area contributed by atoms with Gasteiger partial charge in [0.2, 0.25) is 0 Å². The van der Waals surface area contributed by atoms with Gasteiger partial charge in [-0.3, -0.25) is 9.79 Å². The molecular weight excluding hydrogens is 417 g/mol. The molecule has 3 N–H and O–H groups in total. The van der Waals surface area contributed by atoms with Crippen molar-refractivity contribution in [1.29, 1.82) is 0 Å². The maximum atomic E-state index is 15.5. The summed E-state index contributed by atoms with van der Waals surface area (Å²) >= 11 is 6.91. The van der Waals surface area contributed by atoms with Crippen LogP contribution in [-0.4, -0.2) is 42.6 Å². The normalized spacial score (nSPS) is 25.4. The van der Waals surface area contributed by atoms with E-state index in [0.717, 1.165) is 30.8 Å². The van der Waals surface area contributed by atoms with Crippen molar-refractivity contribution in [1.82, 2.24) is 9.88 Å². The van der Waals surface area contributed by atoms with Crippen LogP contribution in [0.2, 0.25) is 5.02 Å². The molecule has 1 aromatic heterocycles. The minimum atomic E-state index is -0.680. The van der Waals surface area contributed by atoms with E-state index < -0.39 is 11.7 Å². The van der Waals surface area contributed by atoms with Gasteiger partial charge in [0.05, 0.1) is 10.6 Å². The number of carbonyl (C=O) groups excluding carboxylic acids is 1. The molecule has 5 rings (SSSR count). The molecule has 8 heteroatoms. The smallest absolute Gasteiger partial charge is 0.258 e. The van der Waals surface area contributed by atoms with E-state index in [1.54, 1.807) is 32.4 Å². The Balaban J connectivity index is 1.59. The van der Waals surface area contributed by atoms with Gasteiger partial charge in [-0.05, 0) is 36.8 Å².